The fourth-order valence-corrected chi connectivity index (χ4v) is 3.11. The van der Waals surface area contributed by atoms with E-state index in [4.69, 9.17) is 10.5 Å². The molecule has 2 atom stereocenters. The van der Waals surface area contributed by atoms with Crippen molar-refractivity contribution in [2.45, 2.75) is 38.1 Å². The van der Waals surface area contributed by atoms with Crippen LogP contribution < -0.4 is 10.5 Å². The predicted octanol–water partition coefficient (Wildman–Crippen LogP) is 1.82. The van der Waals surface area contributed by atoms with Crippen LogP contribution in [-0.4, -0.2) is 32.7 Å². The molecule has 0 bridgehead atoms. The van der Waals surface area contributed by atoms with Crippen LogP contribution in [0.1, 0.15) is 36.6 Å². The number of rotatable bonds is 3. The van der Waals surface area contributed by atoms with Crippen molar-refractivity contribution in [3.8, 4) is 18.0 Å². The lowest BCUT2D eigenvalue weighted by atomic mass is 9.85. The number of aliphatic hydroxyl groups excluding tert-OH is 1. The van der Waals surface area contributed by atoms with E-state index in [-0.39, 0.29) is 12.5 Å². The second kappa shape index (κ2) is 7.55. The van der Waals surface area contributed by atoms with Crippen molar-refractivity contribution in [1.29, 1.82) is 10.5 Å². The van der Waals surface area contributed by atoms with E-state index in [0.717, 1.165) is 10.5 Å². The van der Waals surface area contributed by atoms with E-state index in [1.807, 2.05) is 6.19 Å². The Balaban J connectivity index is 2.01. The first kappa shape index (κ1) is 19.2. The number of benzene rings is 1. The third-order valence-corrected chi connectivity index (χ3v) is 4.65. The fourth-order valence-electron chi connectivity index (χ4n) is 3.11. The number of aliphatic imine (C=N–C) groups is 1. The van der Waals surface area contributed by atoms with Crippen molar-refractivity contribution in [3.05, 3.63) is 59.4 Å². The smallest absolute Gasteiger partial charge is 0.205 e. The van der Waals surface area contributed by atoms with Crippen molar-refractivity contribution in [2.24, 2.45) is 10.7 Å². The molecule has 3 rings (SSSR count). The van der Waals surface area contributed by atoms with Crippen LogP contribution in [0.25, 0.3) is 0 Å². The van der Waals surface area contributed by atoms with Gasteiger partial charge in [-0.25, -0.2) is 9.89 Å². The third-order valence-electron chi connectivity index (χ3n) is 4.65. The zero-order chi connectivity index (χ0) is 20.3. The van der Waals surface area contributed by atoms with Gasteiger partial charge in [-0.1, -0.05) is 0 Å². The Morgan fingerprint density at radius 3 is 2.68 bits per heavy atom. The van der Waals surface area contributed by atoms with Crippen LogP contribution in [-0.2, 0) is 6.54 Å². The van der Waals surface area contributed by atoms with Gasteiger partial charge in [-0.05, 0) is 49.7 Å². The van der Waals surface area contributed by atoms with Gasteiger partial charge in [0.2, 0.25) is 5.96 Å². The summed E-state index contributed by atoms with van der Waals surface area (Å²) < 4.78 is 5.88. The Morgan fingerprint density at radius 2 is 2.04 bits per heavy atom. The second-order valence-corrected chi connectivity index (χ2v) is 6.96. The molecule has 2 aromatic rings. The van der Waals surface area contributed by atoms with Crippen LogP contribution in [0, 0.1) is 22.8 Å². The lowest BCUT2D eigenvalue weighted by Gasteiger charge is -2.44. The Hall–Kier alpha value is -3.62. The fraction of sp³-hybridized carbons (Fsp3) is 0.300. The van der Waals surface area contributed by atoms with E-state index in [9.17, 15) is 15.6 Å². The lowest BCUT2D eigenvalue weighted by molar-refractivity contribution is -0.0751. The highest BCUT2D eigenvalue weighted by molar-refractivity contribution is 5.80. The van der Waals surface area contributed by atoms with Crippen LogP contribution in [0.2, 0.25) is 0 Å². The maximum Gasteiger partial charge on any atom is 0.205 e. The number of ether oxygens (including phenoxy) is 1. The molecular formula is C20H20N6O2. The minimum atomic E-state index is -1.08. The topological polar surface area (TPSA) is 132 Å². The number of pyridine rings is 1. The van der Waals surface area contributed by atoms with Gasteiger partial charge < -0.3 is 15.6 Å². The van der Waals surface area contributed by atoms with Gasteiger partial charge in [-0.3, -0.25) is 4.98 Å². The number of fused-ring (bicyclic) bond motifs is 1. The molecule has 0 radical (unpaired) electrons. The molecule has 0 fully saturated rings. The van der Waals surface area contributed by atoms with E-state index in [0.29, 0.717) is 16.9 Å². The van der Waals surface area contributed by atoms with Crippen LogP contribution >= 0.6 is 0 Å². The molecule has 3 N–H and O–H groups in total. The molecule has 0 aliphatic carbocycles. The van der Waals surface area contributed by atoms with E-state index in [1.54, 1.807) is 56.6 Å². The Labute approximate surface area is 163 Å². The van der Waals surface area contributed by atoms with Crippen molar-refractivity contribution >= 4 is 5.96 Å². The molecule has 0 amide bonds. The van der Waals surface area contributed by atoms with E-state index in [1.165, 1.54) is 0 Å². The highest BCUT2D eigenvalue weighted by atomic mass is 16.5. The molecule has 1 aliphatic heterocycles. The summed E-state index contributed by atoms with van der Waals surface area (Å²) in [5.74, 6) is 0.454. The van der Waals surface area contributed by atoms with Gasteiger partial charge in [0.1, 0.15) is 23.5 Å². The summed E-state index contributed by atoms with van der Waals surface area (Å²) in [6.45, 7) is 3.72. The number of nitrogens with two attached hydrogens (primary N) is 1. The zero-order valence-electron chi connectivity index (χ0n) is 15.6. The first-order valence-corrected chi connectivity index (χ1v) is 8.66. The molecule has 0 saturated carbocycles. The quantitative estimate of drug-likeness (QED) is 0.361. The molecular weight excluding hydrogens is 356 g/mol. The van der Waals surface area contributed by atoms with Crippen LogP contribution in [0.4, 0.5) is 0 Å². The average Bonchev–Trinajstić information content (AvgIpc) is 2.70. The summed E-state index contributed by atoms with van der Waals surface area (Å²) >= 11 is 0. The minimum absolute atomic E-state index is 0.0330. The summed E-state index contributed by atoms with van der Waals surface area (Å²) in [7, 11) is 0. The minimum Gasteiger partial charge on any atom is -0.485 e. The van der Waals surface area contributed by atoms with E-state index >= 15 is 0 Å². The molecule has 0 unspecified atom stereocenters. The summed E-state index contributed by atoms with van der Waals surface area (Å²) in [6, 6.07) is 9.71. The molecule has 0 spiro atoms. The molecule has 8 nitrogen and oxygen atoms in total. The average molecular weight is 376 g/mol. The molecule has 2 heterocycles. The van der Waals surface area contributed by atoms with Gasteiger partial charge >= 0.3 is 0 Å². The number of hydrogen-bond acceptors (Lipinski definition) is 6. The molecule has 8 heteroatoms. The second-order valence-electron chi connectivity index (χ2n) is 6.96. The first-order chi connectivity index (χ1) is 13.4. The molecule has 28 heavy (non-hydrogen) atoms. The highest BCUT2D eigenvalue weighted by Crippen LogP contribution is 2.43. The standard InChI is InChI=1S/C20H20N6O2/c1-20(2)18(27)17(15-9-14(10-21)3-4-16(15)28-20)26(12-22)19(23)25-11-13-5-7-24-8-6-13/h3-9,17-18,27H,11H2,1-2H3,(H2,23,25)/t17-,18+/m1/s1. The van der Waals surface area contributed by atoms with Crippen LogP contribution in [0.15, 0.2) is 47.7 Å². The molecule has 1 aromatic carbocycles. The summed E-state index contributed by atoms with van der Waals surface area (Å²) in [5, 5.41) is 29.9. The van der Waals surface area contributed by atoms with Gasteiger partial charge in [0.25, 0.3) is 0 Å². The largest absolute Gasteiger partial charge is 0.485 e. The maximum atomic E-state index is 10.9. The Bertz CT molecular complexity index is 974. The lowest BCUT2D eigenvalue weighted by Crippen LogP contribution is -2.54. The van der Waals surface area contributed by atoms with Gasteiger partial charge in [0.15, 0.2) is 6.19 Å². The van der Waals surface area contributed by atoms with Crippen molar-refractivity contribution in [1.82, 2.24) is 9.88 Å². The molecule has 0 saturated heterocycles. The summed E-state index contributed by atoms with van der Waals surface area (Å²) in [5.41, 5.74) is 6.93. The SMILES string of the molecule is CC1(C)Oc2ccc(C#N)cc2[C@@H](N(C#N)C(N)=NCc2ccncc2)[C@@H]1O. The summed E-state index contributed by atoms with van der Waals surface area (Å²) in [4.78, 5) is 9.40. The van der Waals surface area contributed by atoms with E-state index < -0.39 is 17.7 Å². The molecule has 1 aliphatic rings. The highest BCUT2D eigenvalue weighted by Gasteiger charge is 2.46. The van der Waals surface area contributed by atoms with Crippen LogP contribution in [0.5, 0.6) is 5.75 Å². The van der Waals surface area contributed by atoms with E-state index in [2.05, 4.69) is 16.0 Å². The van der Waals surface area contributed by atoms with Crippen molar-refractivity contribution in [3.63, 3.8) is 0 Å². The number of aromatic nitrogens is 1. The number of nitriles is 2. The van der Waals surface area contributed by atoms with Crippen molar-refractivity contribution < 1.29 is 9.84 Å². The zero-order valence-corrected chi connectivity index (χ0v) is 15.6. The summed E-state index contributed by atoms with van der Waals surface area (Å²) in [6.07, 6.45) is 4.23. The van der Waals surface area contributed by atoms with Crippen molar-refractivity contribution in [2.75, 3.05) is 0 Å². The normalized spacial score (nSPS) is 20.2. The van der Waals surface area contributed by atoms with Gasteiger partial charge in [0.05, 0.1) is 18.2 Å². The first-order valence-electron chi connectivity index (χ1n) is 8.66. The number of aliphatic hydroxyl groups is 1. The Kier molecular flexibility index (Phi) is 5.16. The predicted molar refractivity (Wildman–Crippen MR) is 102 cm³/mol. The Morgan fingerprint density at radius 1 is 1.32 bits per heavy atom. The third kappa shape index (κ3) is 3.59. The van der Waals surface area contributed by atoms with Gasteiger partial charge in [-0.2, -0.15) is 10.5 Å². The van der Waals surface area contributed by atoms with Crippen LogP contribution in [0.3, 0.4) is 0 Å². The van der Waals surface area contributed by atoms with Gasteiger partial charge in [0, 0.05) is 18.0 Å². The number of hydrogen-bond donors (Lipinski definition) is 2. The monoisotopic (exact) mass is 376 g/mol. The maximum absolute atomic E-state index is 10.9. The molecule has 142 valence electrons. The van der Waals surface area contributed by atoms with Gasteiger partial charge in [-0.15, -0.1) is 0 Å². The number of guanidine groups is 1. The number of nitrogens with zero attached hydrogens (tertiary/aromatic N) is 5. The molecule has 1 aromatic heterocycles.